The van der Waals surface area contributed by atoms with Crippen molar-refractivity contribution in [3.8, 4) is 0 Å². The summed E-state index contributed by atoms with van der Waals surface area (Å²) >= 11 is 7.53. The summed E-state index contributed by atoms with van der Waals surface area (Å²) in [6, 6.07) is 11.5. The summed E-state index contributed by atoms with van der Waals surface area (Å²) in [6.45, 7) is 2.21. The summed E-state index contributed by atoms with van der Waals surface area (Å²) in [5.41, 5.74) is 1.66. The fourth-order valence-corrected chi connectivity index (χ4v) is 4.38. The molecule has 27 heavy (non-hydrogen) atoms. The van der Waals surface area contributed by atoms with Crippen molar-refractivity contribution in [3.63, 3.8) is 0 Å². The zero-order valence-electron chi connectivity index (χ0n) is 15.2. The van der Waals surface area contributed by atoms with E-state index in [1.54, 1.807) is 12.1 Å². The average Bonchev–Trinajstić information content (AvgIpc) is 3.25. The Bertz CT molecular complexity index is 791. The molecule has 0 spiro atoms. The third kappa shape index (κ3) is 5.31. The Kier molecular flexibility index (Phi) is 6.88. The van der Waals surface area contributed by atoms with Crippen LogP contribution in [0.2, 0.25) is 4.34 Å². The zero-order valence-corrected chi connectivity index (χ0v) is 16.8. The molecule has 144 valence electrons. The standard InChI is InChI=1S/C20H23ClN2O3S/c1-26-20(25)15-4-2-14(3-5-15)12-22-11-10-16-6-9-19(24)23(16)13-17-7-8-18(21)27-17/h2-5,7-8,16,22H,6,9-13H2,1H3/t16-/m1/s1. The molecule has 0 bridgehead atoms. The first-order valence-corrected chi connectivity index (χ1v) is 10.2. The highest BCUT2D eigenvalue weighted by Crippen LogP contribution is 2.28. The molecule has 0 unspecified atom stereocenters. The molecule has 1 aromatic carbocycles. The lowest BCUT2D eigenvalue weighted by molar-refractivity contribution is -0.129. The molecule has 1 aromatic heterocycles. The second-order valence-corrected chi connectivity index (χ2v) is 8.37. The summed E-state index contributed by atoms with van der Waals surface area (Å²) < 4.78 is 5.46. The van der Waals surface area contributed by atoms with Gasteiger partial charge in [-0.2, -0.15) is 0 Å². The summed E-state index contributed by atoms with van der Waals surface area (Å²) in [5.74, 6) is -0.101. The normalized spacial score (nSPS) is 16.7. The van der Waals surface area contributed by atoms with Crippen LogP contribution in [-0.2, 0) is 22.6 Å². The highest BCUT2D eigenvalue weighted by Gasteiger charge is 2.30. The van der Waals surface area contributed by atoms with Crippen LogP contribution in [0, 0.1) is 0 Å². The van der Waals surface area contributed by atoms with Crippen molar-refractivity contribution in [2.45, 2.75) is 38.4 Å². The van der Waals surface area contributed by atoms with Crippen LogP contribution < -0.4 is 5.32 Å². The van der Waals surface area contributed by atoms with Gasteiger partial charge in [0.25, 0.3) is 0 Å². The van der Waals surface area contributed by atoms with E-state index < -0.39 is 0 Å². The van der Waals surface area contributed by atoms with Crippen molar-refractivity contribution in [2.75, 3.05) is 13.7 Å². The summed E-state index contributed by atoms with van der Waals surface area (Å²) in [5, 5.41) is 3.42. The van der Waals surface area contributed by atoms with Crippen LogP contribution in [0.4, 0.5) is 0 Å². The first-order valence-electron chi connectivity index (χ1n) is 8.98. The number of amides is 1. The predicted molar refractivity (Wildman–Crippen MR) is 107 cm³/mol. The van der Waals surface area contributed by atoms with E-state index in [0.29, 0.717) is 18.5 Å². The minimum Gasteiger partial charge on any atom is -0.465 e. The SMILES string of the molecule is COC(=O)c1ccc(CNCC[C@H]2CCC(=O)N2Cc2ccc(Cl)s2)cc1. The van der Waals surface area contributed by atoms with E-state index >= 15 is 0 Å². The molecular weight excluding hydrogens is 384 g/mol. The number of hydrogen-bond donors (Lipinski definition) is 1. The number of hydrogen-bond acceptors (Lipinski definition) is 5. The maximum atomic E-state index is 12.2. The highest BCUT2D eigenvalue weighted by atomic mass is 35.5. The summed E-state index contributed by atoms with van der Waals surface area (Å²) in [6.07, 6.45) is 2.46. The Morgan fingerprint density at radius 2 is 2.07 bits per heavy atom. The number of methoxy groups -OCH3 is 1. The molecule has 7 heteroatoms. The number of carbonyl (C=O) groups is 2. The predicted octanol–water partition coefficient (Wildman–Crippen LogP) is 3.86. The van der Waals surface area contributed by atoms with Crippen LogP contribution in [-0.4, -0.2) is 36.5 Å². The molecule has 2 heterocycles. The molecule has 1 atom stereocenters. The number of halogens is 1. The number of carbonyl (C=O) groups excluding carboxylic acids is 2. The largest absolute Gasteiger partial charge is 0.465 e. The Hall–Kier alpha value is -1.89. The number of esters is 1. The smallest absolute Gasteiger partial charge is 0.337 e. The zero-order chi connectivity index (χ0) is 19.2. The van der Waals surface area contributed by atoms with Crippen LogP contribution in [0.15, 0.2) is 36.4 Å². The molecule has 1 aliphatic rings. The number of benzene rings is 1. The minimum absolute atomic E-state index is 0.225. The van der Waals surface area contributed by atoms with Gasteiger partial charge in [-0.15, -0.1) is 11.3 Å². The van der Waals surface area contributed by atoms with Gasteiger partial charge in [0.2, 0.25) is 5.91 Å². The van der Waals surface area contributed by atoms with Gasteiger partial charge in [0.15, 0.2) is 0 Å². The van der Waals surface area contributed by atoms with Gasteiger partial charge in [-0.3, -0.25) is 4.79 Å². The molecule has 0 aliphatic carbocycles. The summed E-state index contributed by atoms with van der Waals surface area (Å²) in [4.78, 5) is 26.8. The third-order valence-electron chi connectivity index (χ3n) is 4.77. The Balaban J connectivity index is 1.45. The van der Waals surface area contributed by atoms with Gasteiger partial charge in [0.1, 0.15) is 0 Å². The average molecular weight is 407 g/mol. The van der Waals surface area contributed by atoms with Crippen molar-refractivity contribution in [2.24, 2.45) is 0 Å². The maximum Gasteiger partial charge on any atom is 0.337 e. The number of nitrogens with one attached hydrogen (secondary N) is 1. The highest BCUT2D eigenvalue weighted by molar-refractivity contribution is 7.16. The van der Waals surface area contributed by atoms with Crippen molar-refractivity contribution >= 4 is 34.8 Å². The number of ether oxygens (including phenoxy) is 1. The van der Waals surface area contributed by atoms with Crippen molar-refractivity contribution in [3.05, 3.63) is 56.7 Å². The summed E-state index contributed by atoms with van der Waals surface area (Å²) in [7, 11) is 1.38. The van der Waals surface area contributed by atoms with Crippen LogP contribution in [0.3, 0.4) is 0 Å². The van der Waals surface area contributed by atoms with Crippen LogP contribution in [0.1, 0.15) is 40.1 Å². The van der Waals surface area contributed by atoms with Gasteiger partial charge in [-0.05, 0) is 49.2 Å². The molecule has 1 fully saturated rings. The lowest BCUT2D eigenvalue weighted by Crippen LogP contribution is -2.34. The number of likely N-dealkylation sites (tertiary alicyclic amines) is 1. The second-order valence-electron chi connectivity index (χ2n) is 6.57. The molecule has 1 saturated heterocycles. The maximum absolute atomic E-state index is 12.2. The number of rotatable bonds is 8. The lowest BCUT2D eigenvalue weighted by Gasteiger charge is -2.24. The van der Waals surface area contributed by atoms with E-state index in [-0.39, 0.29) is 17.9 Å². The molecule has 1 aliphatic heterocycles. The Labute approximate surface area is 168 Å². The van der Waals surface area contributed by atoms with Gasteiger partial charge >= 0.3 is 5.97 Å². The van der Waals surface area contributed by atoms with E-state index in [1.165, 1.54) is 18.4 Å². The number of thiophene rings is 1. The van der Waals surface area contributed by atoms with E-state index in [2.05, 4.69) is 5.32 Å². The van der Waals surface area contributed by atoms with E-state index in [4.69, 9.17) is 16.3 Å². The second kappa shape index (κ2) is 9.35. The third-order valence-corrected chi connectivity index (χ3v) is 5.98. The Morgan fingerprint density at radius 3 is 2.74 bits per heavy atom. The molecule has 0 saturated carbocycles. The van der Waals surface area contributed by atoms with Crippen molar-refractivity contribution in [1.82, 2.24) is 10.2 Å². The molecule has 0 radical (unpaired) electrons. The van der Waals surface area contributed by atoms with E-state index in [9.17, 15) is 9.59 Å². The molecule has 3 rings (SSSR count). The molecule has 1 N–H and O–H groups in total. The lowest BCUT2D eigenvalue weighted by atomic mass is 10.1. The fourth-order valence-electron chi connectivity index (χ4n) is 3.29. The van der Waals surface area contributed by atoms with E-state index in [0.717, 1.165) is 40.7 Å². The number of nitrogens with zero attached hydrogens (tertiary/aromatic N) is 1. The van der Waals surface area contributed by atoms with Gasteiger partial charge in [-0.1, -0.05) is 23.7 Å². The van der Waals surface area contributed by atoms with Crippen LogP contribution >= 0.6 is 22.9 Å². The van der Waals surface area contributed by atoms with Gasteiger partial charge in [0.05, 0.1) is 23.6 Å². The minimum atomic E-state index is -0.326. The Morgan fingerprint density at radius 1 is 1.30 bits per heavy atom. The van der Waals surface area contributed by atoms with Gasteiger partial charge < -0.3 is 15.0 Å². The quantitative estimate of drug-likeness (QED) is 0.534. The van der Waals surface area contributed by atoms with Crippen LogP contribution in [0.25, 0.3) is 0 Å². The molecule has 1 amide bonds. The first-order chi connectivity index (χ1) is 13.1. The van der Waals surface area contributed by atoms with Crippen molar-refractivity contribution < 1.29 is 14.3 Å². The van der Waals surface area contributed by atoms with Crippen LogP contribution in [0.5, 0.6) is 0 Å². The molecular formula is C20H23ClN2O3S. The fraction of sp³-hybridized carbons (Fsp3) is 0.400. The van der Waals surface area contributed by atoms with Gasteiger partial charge in [0, 0.05) is 23.9 Å². The molecule has 5 nitrogen and oxygen atoms in total. The molecule has 2 aromatic rings. The van der Waals surface area contributed by atoms with Gasteiger partial charge in [-0.25, -0.2) is 4.79 Å². The monoisotopic (exact) mass is 406 g/mol. The topological polar surface area (TPSA) is 58.6 Å². The first kappa shape index (κ1) is 19.9. The van der Waals surface area contributed by atoms with Crippen molar-refractivity contribution in [1.29, 1.82) is 0 Å². The van der Waals surface area contributed by atoms with E-state index in [1.807, 2.05) is 29.2 Å².